The van der Waals surface area contributed by atoms with Crippen molar-refractivity contribution in [3.63, 3.8) is 0 Å². The summed E-state index contributed by atoms with van der Waals surface area (Å²) >= 11 is 0. The highest BCUT2D eigenvalue weighted by molar-refractivity contribution is 7.91. The summed E-state index contributed by atoms with van der Waals surface area (Å²) in [5.74, 6) is 0.0565. The van der Waals surface area contributed by atoms with E-state index in [0.29, 0.717) is 5.56 Å². The molecular formula is C10H11NO2S. The van der Waals surface area contributed by atoms with Crippen LogP contribution in [0, 0.1) is 18.3 Å². The molecule has 0 fully saturated rings. The lowest BCUT2D eigenvalue weighted by Gasteiger charge is -2.02. The molecule has 1 aromatic carbocycles. The van der Waals surface area contributed by atoms with Gasteiger partial charge >= 0.3 is 0 Å². The van der Waals surface area contributed by atoms with Crippen molar-refractivity contribution in [2.45, 2.75) is 18.7 Å². The zero-order valence-electron chi connectivity index (χ0n) is 8.11. The minimum atomic E-state index is -3.20. The van der Waals surface area contributed by atoms with E-state index in [9.17, 15) is 8.42 Å². The number of sulfone groups is 1. The Hall–Kier alpha value is -1.34. The van der Waals surface area contributed by atoms with E-state index in [1.54, 1.807) is 19.9 Å². The number of hydrogen-bond acceptors (Lipinski definition) is 3. The van der Waals surface area contributed by atoms with Gasteiger partial charge in [-0.25, -0.2) is 8.42 Å². The van der Waals surface area contributed by atoms with Gasteiger partial charge in [0, 0.05) is 0 Å². The van der Waals surface area contributed by atoms with Crippen molar-refractivity contribution in [2.75, 3.05) is 5.75 Å². The minimum absolute atomic E-state index is 0.0565. The van der Waals surface area contributed by atoms with E-state index < -0.39 is 9.84 Å². The number of aryl methyl sites for hydroxylation is 1. The van der Waals surface area contributed by atoms with Crippen LogP contribution in [0.25, 0.3) is 0 Å². The number of benzene rings is 1. The summed E-state index contributed by atoms with van der Waals surface area (Å²) in [5, 5.41) is 8.74. The average Bonchev–Trinajstić information content (AvgIpc) is 2.18. The molecule has 0 aliphatic heterocycles. The Morgan fingerprint density at radius 2 is 2.07 bits per heavy atom. The number of nitriles is 1. The predicted octanol–water partition coefficient (Wildman–Crippen LogP) is 1.66. The lowest BCUT2D eigenvalue weighted by molar-refractivity contribution is 0.597. The second-order valence-electron chi connectivity index (χ2n) is 2.99. The zero-order valence-corrected chi connectivity index (χ0v) is 8.93. The first-order valence-electron chi connectivity index (χ1n) is 4.24. The summed E-state index contributed by atoms with van der Waals surface area (Å²) in [6.45, 7) is 3.36. The first kappa shape index (κ1) is 10.7. The Morgan fingerprint density at radius 1 is 1.43 bits per heavy atom. The molecule has 0 heterocycles. The molecular weight excluding hydrogens is 198 g/mol. The van der Waals surface area contributed by atoms with Crippen molar-refractivity contribution in [2.24, 2.45) is 0 Å². The van der Waals surface area contributed by atoms with Gasteiger partial charge in [-0.3, -0.25) is 0 Å². The van der Waals surface area contributed by atoms with Gasteiger partial charge in [0.05, 0.1) is 22.3 Å². The highest BCUT2D eigenvalue weighted by Crippen LogP contribution is 2.15. The van der Waals surface area contributed by atoms with E-state index >= 15 is 0 Å². The summed E-state index contributed by atoms with van der Waals surface area (Å²) in [5.41, 5.74) is 1.21. The lowest BCUT2D eigenvalue weighted by atomic mass is 10.1. The second-order valence-corrected chi connectivity index (χ2v) is 5.27. The maximum atomic E-state index is 11.5. The molecule has 0 atom stereocenters. The summed E-state index contributed by atoms with van der Waals surface area (Å²) in [7, 11) is -3.20. The summed E-state index contributed by atoms with van der Waals surface area (Å²) in [6.07, 6.45) is 0. The third-order valence-corrected chi connectivity index (χ3v) is 3.80. The van der Waals surface area contributed by atoms with Crippen LogP contribution in [0.3, 0.4) is 0 Å². The van der Waals surface area contributed by atoms with Crippen molar-refractivity contribution < 1.29 is 8.42 Å². The second kappa shape index (κ2) is 3.81. The van der Waals surface area contributed by atoms with Gasteiger partial charge in [0.2, 0.25) is 0 Å². The van der Waals surface area contributed by atoms with E-state index in [0.717, 1.165) is 5.56 Å². The quantitative estimate of drug-likeness (QED) is 0.744. The van der Waals surface area contributed by atoms with Crippen LogP contribution in [-0.2, 0) is 9.84 Å². The van der Waals surface area contributed by atoms with Crippen LogP contribution in [0.5, 0.6) is 0 Å². The largest absolute Gasteiger partial charge is 0.224 e. The van der Waals surface area contributed by atoms with Gasteiger partial charge in [-0.15, -0.1) is 0 Å². The SMILES string of the molecule is CCS(=O)(=O)c1ccc(C)c(C#N)c1. The van der Waals surface area contributed by atoms with Crippen LogP contribution >= 0.6 is 0 Å². The predicted molar refractivity (Wildman–Crippen MR) is 53.6 cm³/mol. The van der Waals surface area contributed by atoms with E-state index in [1.807, 2.05) is 6.07 Å². The number of rotatable bonds is 2. The minimum Gasteiger partial charge on any atom is -0.224 e. The van der Waals surface area contributed by atoms with Gasteiger partial charge in [-0.2, -0.15) is 5.26 Å². The molecule has 0 aliphatic carbocycles. The van der Waals surface area contributed by atoms with Crippen LogP contribution in [0.15, 0.2) is 23.1 Å². The summed E-state index contributed by atoms with van der Waals surface area (Å²) < 4.78 is 22.9. The van der Waals surface area contributed by atoms with Gasteiger partial charge in [0.15, 0.2) is 9.84 Å². The first-order valence-corrected chi connectivity index (χ1v) is 5.90. The molecule has 4 heteroatoms. The van der Waals surface area contributed by atoms with Crippen molar-refractivity contribution in [3.05, 3.63) is 29.3 Å². The Balaban J connectivity index is 3.36. The molecule has 0 saturated carbocycles. The van der Waals surface area contributed by atoms with Gasteiger partial charge in [0.1, 0.15) is 0 Å². The van der Waals surface area contributed by atoms with Gasteiger partial charge in [0.25, 0.3) is 0 Å². The third kappa shape index (κ3) is 1.94. The van der Waals surface area contributed by atoms with Gasteiger partial charge < -0.3 is 0 Å². The molecule has 0 radical (unpaired) electrons. The normalized spacial score (nSPS) is 10.9. The van der Waals surface area contributed by atoms with E-state index in [4.69, 9.17) is 5.26 Å². The molecule has 1 aromatic rings. The van der Waals surface area contributed by atoms with Crippen molar-refractivity contribution in [1.82, 2.24) is 0 Å². The van der Waals surface area contributed by atoms with Crippen molar-refractivity contribution in [1.29, 1.82) is 5.26 Å². The fourth-order valence-corrected chi connectivity index (χ4v) is 1.99. The van der Waals surface area contributed by atoms with Gasteiger partial charge in [-0.05, 0) is 24.6 Å². The molecule has 0 aliphatic rings. The van der Waals surface area contributed by atoms with Crippen LogP contribution in [0.4, 0.5) is 0 Å². The Kier molecular flexibility index (Phi) is 2.92. The maximum Gasteiger partial charge on any atom is 0.178 e. The zero-order chi connectivity index (χ0) is 10.8. The first-order chi connectivity index (χ1) is 6.51. The lowest BCUT2D eigenvalue weighted by Crippen LogP contribution is -2.04. The van der Waals surface area contributed by atoms with Crippen LogP contribution in [-0.4, -0.2) is 14.2 Å². The molecule has 14 heavy (non-hydrogen) atoms. The van der Waals surface area contributed by atoms with E-state index in [2.05, 4.69) is 0 Å². The van der Waals surface area contributed by atoms with Crippen molar-refractivity contribution in [3.8, 4) is 6.07 Å². The molecule has 74 valence electrons. The fourth-order valence-electron chi connectivity index (χ4n) is 1.08. The smallest absolute Gasteiger partial charge is 0.178 e. The van der Waals surface area contributed by atoms with Crippen LogP contribution in [0.1, 0.15) is 18.1 Å². The van der Waals surface area contributed by atoms with Crippen LogP contribution < -0.4 is 0 Å². The number of nitrogens with zero attached hydrogens (tertiary/aromatic N) is 1. The van der Waals surface area contributed by atoms with Crippen molar-refractivity contribution >= 4 is 9.84 Å². The molecule has 0 unspecified atom stereocenters. The summed E-state index contributed by atoms with van der Waals surface area (Å²) in [4.78, 5) is 0.224. The van der Waals surface area contributed by atoms with E-state index in [1.165, 1.54) is 12.1 Å². The molecule has 1 rings (SSSR count). The molecule has 0 bridgehead atoms. The Labute approximate surface area is 83.9 Å². The Bertz CT molecular complexity index is 483. The van der Waals surface area contributed by atoms with Crippen LogP contribution in [0.2, 0.25) is 0 Å². The average molecular weight is 209 g/mol. The highest BCUT2D eigenvalue weighted by atomic mass is 32.2. The topological polar surface area (TPSA) is 57.9 Å². The summed E-state index contributed by atoms with van der Waals surface area (Å²) in [6, 6.07) is 6.58. The molecule has 3 nitrogen and oxygen atoms in total. The Morgan fingerprint density at radius 3 is 2.57 bits per heavy atom. The molecule has 0 spiro atoms. The monoisotopic (exact) mass is 209 g/mol. The molecule has 0 N–H and O–H groups in total. The molecule has 0 amide bonds. The third-order valence-electron chi connectivity index (χ3n) is 2.07. The van der Waals surface area contributed by atoms with E-state index in [-0.39, 0.29) is 10.6 Å². The number of hydrogen-bond donors (Lipinski definition) is 0. The maximum absolute atomic E-state index is 11.5. The van der Waals surface area contributed by atoms with Gasteiger partial charge in [-0.1, -0.05) is 13.0 Å². The fraction of sp³-hybridized carbons (Fsp3) is 0.300. The highest BCUT2D eigenvalue weighted by Gasteiger charge is 2.12. The molecule has 0 saturated heterocycles. The standard InChI is InChI=1S/C10H11NO2S/c1-3-14(12,13)10-5-4-8(2)9(6-10)7-11/h4-6H,3H2,1-2H3. The molecule has 0 aromatic heterocycles.